The number of benzene rings is 2. The van der Waals surface area contributed by atoms with Gasteiger partial charge in [-0.25, -0.2) is 8.42 Å². The lowest BCUT2D eigenvalue weighted by Crippen LogP contribution is -2.46. The van der Waals surface area contributed by atoms with Crippen molar-refractivity contribution in [3.8, 4) is 0 Å². The first-order valence-corrected chi connectivity index (χ1v) is 10.8. The molecule has 0 unspecified atom stereocenters. The fraction of sp³-hybridized carbons (Fsp3) is 0.400. The van der Waals surface area contributed by atoms with Crippen molar-refractivity contribution in [2.45, 2.75) is 19.1 Å². The molecule has 5 nitrogen and oxygen atoms in total. The standard InChI is InChI=1S/C20H27N3O2S/c1-2-12-22-13-15-23(16-14-22)20-10-8-19(9-11-20)21-26(24,25)17-18-6-4-3-5-7-18/h3-11,21H,2,12-17H2,1H3. The molecule has 1 N–H and O–H groups in total. The number of hydrogen-bond acceptors (Lipinski definition) is 4. The van der Waals surface area contributed by atoms with Crippen molar-refractivity contribution in [3.63, 3.8) is 0 Å². The first kappa shape index (κ1) is 18.7. The number of nitrogens with zero attached hydrogens (tertiary/aromatic N) is 2. The van der Waals surface area contributed by atoms with Crippen molar-refractivity contribution < 1.29 is 8.42 Å². The average Bonchev–Trinajstić information content (AvgIpc) is 2.63. The highest BCUT2D eigenvalue weighted by Gasteiger charge is 2.17. The molecule has 0 bridgehead atoms. The Balaban J connectivity index is 1.58. The van der Waals surface area contributed by atoms with E-state index in [0.717, 1.165) is 44.0 Å². The van der Waals surface area contributed by atoms with Gasteiger partial charge in [0.15, 0.2) is 0 Å². The largest absolute Gasteiger partial charge is 0.369 e. The van der Waals surface area contributed by atoms with Gasteiger partial charge in [0.05, 0.1) is 5.75 Å². The van der Waals surface area contributed by atoms with Crippen LogP contribution >= 0.6 is 0 Å². The highest BCUT2D eigenvalue weighted by molar-refractivity contribution is 7.91. The van der Waals surface area contributed by atoms with Crippen LogP contribution in [0.15, 0.2) is 54.6 Å². The second kappa shape index (κ2) is 8.56. The van der Waals surface area contributed by atoms with Crippen LogP contribution in [0.4, 0.5) is 11.4 Å². The van der Waals surface area contributed by atoms with Gasteiger partial charge in [-0.15, -0.1) is 0 Å². The molecule has 0 spiro atoms. The second-order valence-corrected chi connectivity index (χ2v) is 8.44. The summed E-state index contributed by atoms with van der Waals surface area (Å²) in [6.45, 7) is 7.57. The molecule has 0 saturated carbocycles. The Morgan fingerprint density at radius 2 is 1.58 bits per heavy atom. The van der Waals surface area contributed by atoms with Crippen LogP contribution in [-0.2, 0) is 15.8 Å². The summed E-state index contributed by atoms with van der Waals surface area (Å²) in [5.41, 5.74) is 2.53. The molecular formula is C20H27N3O2S. The van der Waals surface area contributed by atoms with Gasteiger partial charge in [-0.05, 0) is 42.8 Å². The van der Waals surface area contributed by atoms with E-state index < -0.39 is 10.0 Å². The minimum atomic E-state index is -3.41. The van der Waals surface area contributed by atoms with E-state index in [9.17, 15) is 8.42 Å². The predicted molar refractivity (Wildman–Crippen MR) is 108 cm³/mol. The van der Waals surface area contributed by atoms with Crippen LogP contribution in [0, 0.1) is 0 Å². The number of hydrogen-bond donors (Lipinski definition) is 1. The first-order valence-electron chi connectivity index (χ1n) is 9.17. The molecule has 1 aliphatic heterocycles. The van der Waals surface area contributed by atoms with E-state index in [-0.39, 0.29) is 5.75 Å². The molecule has 0 aliphatic carbocycles. The molecule has 26 heavy (non-hydrogen) atoms. The third-order valence-electron chi connectivity index (χ3n) is 4.62. The van der Waals surface area contributed by atoms with Crippen molar-refractivity contribution in [2.24, 2.45) is 0 Å². The van der Waals surface area contributed by atoms with E-state index in [1.54, 1.807) is 0 Å². The summed E-state index contributed by atoms with van der Waals surface area (Å²) in [5.74, 6) is -0.0189. The molecule has 1 aliphatic rings. The smallest absolute Gasteiger partial charge is 0.236 e. The Labute approximate surface area is 156 Å². The summed E-state index contributed by atoms with van der Waals surface area (Å²) in [4.78, 5) is 4.84. The third kappa shape index (κ3) is 5.22. The van der Waals surface area contributed by atoms with Gasteiger partial charge in [-0.3, -0.25) is 9.62 Å². The summed E-state index contributed by atoms with van der Waals surface area (Å²) >= 11 is 0. The van der Waals surface area contributed by atoms with Gasteiger partial charge >= 0.3 is 0 Å². The number of nitrogens with one attached hydrogen (secondary N) is 1. The molecule has 0 atom stereocenters. The second-order valence-electron chi connectivity index (χ2n) is 6.72. The number of piperazine rings is 1. The number of rotatable bonds is 7. The maximum absolute atomic E-state index is 12.3. The van der Waals surface area contributed by atoms with Gasteiger partial charge in [0, 0.05) is 37.6 Å². The summed E-state index contributed by atoms with van der Waals surface area (Å²) in [5, 5.41) is 0. The first-order chi connectivity index (χ1) is 12.6. The zero-order valence-electron chi connectivity index (χ0n) is 15.3. The molecule has 140 valence electrons. The molecule has 0 radical (unpaired) electrons. The molecule has 1 heterocycles. The molecular weight excluding hydrogens is 346 g/mol. The average molecular weight is 374 g/mol. The fourth-order valence-electron chi connectivity index (χ4n) is 3.30. The van der Waals surface area contributed by atoms with Crippen molar-refractivity contribution >= 4 is 21.4 Å². The summed E-state index contributed by atoms with van der Waals surface area (Å²) in [6, 6.07) is 16.9. The van der Waals surface area contributed by atoms with Crippen molar-refractivity contribution in [1.82, 2.24) is 4.90 Å². The van der Waals surface area contributed by atoms with Gasteiger partial charge in [-0.1, -0.05) is 37.3 Å². The summed E-state index contributed by atoms with van der Waals surface area (Å²) in [7, 11) is -3.41. The Bertz CT molecular complexity index is 784. The Hall–Kier alpha value is -2.05. The van der Waals surface area contributed by atoms with E-state index in [4.69, 9.17) is 0 Å². The highest BCUT2D eigenvalue weighted by atomic mass is 32.2. The Kier molecular flexibility index (Phi) is 6.16. The lowest BCUT2D eigenvalue weighted by atomic mass is 10.2. The van der Waals surface area contributed by atoms with Crippen LogP contribution in [0.5, 0.6) is 0 Å². The Morgan fingerprint density at radius 1 is 0.923 bits per heavy atom. The minimum Gasteiger partial charge on any atom is -0.369 e. The van der Waals surface area contributed by atoms with E-state index in [1.807, 2.05) is 54.6 Å². The minimum absolute atomic E-state index is 0.0189. The molecule has 3 rings (SSSR count). The van der Waals surface area contributed by atoms with Crippen LogP contribution in [0.2, 0.25) is 0 Å². The Morgan fingerprint density at radius 3 is 2.19 bits per heavy atom. The molecule has 2 aromatic carbocycles. The maximum Gasteiger partial charge on any atom is 0.236 e. The van der Waals surface area contributed by atoms with E-state index in [2.05, 4.69) is 21.4 Å². The summed E-state index contributed by atoms with van der Waals surface area (Å²) in [6.07, 6.45) is 1.19. The normalized spacial score (nSPS) is 15.8. The molecule has 0 amide bonds. The van der Waals surface area contributed by atoms with E-state index >= 15 is 0 Å². The monoisotopic (exact) mass is 373 g/mol. The molecule has 1 saturated heterocycles. The van der Waals surface area contributed by atoms with Crippen LogP contribution in [0.1, 0.15) is 18.9 Å². The molecule has 1 fully saturated rings. The van der Waals surface area contributed by atoms with Gasteiger partial charge in [0.2, 0.25) is 10.0 Å². The molecule has 6 heteroatoms. The SMILES string of the molecule is CCCN1CCN(c2ccc(NS(=O)(=O)Cc3ccccc3)cc2)CC1. The lowest BCUT2D eigenvalue weighted by Gasteiger charge is -2.36. The molecule has 2 aromatic rings. The highest BCUT2D eigenvalue weighted by Crippen LogP contribution is 2.21. The van der Waals surface area contributed by atoms with Crippen LogP contribution < -0.4 is 9.62 Å². The van der Waals surface area contributed by atoms with Crippen LogP contribution in [-0.4, -0.2) is 46.0 Å². The lowest BCUT2D eigenvalue weighted by molar-refractivity contribution is 0.258. The van der Waals surface area contributed by atoms with Gasteiger partial charge < -0.3 is 4.90 Å². The number of anilines is 2. The van der Waals surface area contributed by atoms with Gasteiger partial charge in [0.1, 0.15) is 0 Å². The maximum atomic E-state index is 12.3. The van der Waals surface area contributed by atoms with Crippen molar-refractivity contribution in [2.75, 3.05) is 42.3 Å². The topological polar surface area (TPSA) is 52.6 Å². The van der Waals surface area contributed by atoms with Crippen molar-refractivity contribution in [1.29, 1.82) is 0 Å². The van der Waals surface area contributed by atoms with E-state index in [0.29, 0.717) is 5.69 Å². The van der Waals surface area contributed by atoms with Crippen LogP contribution in [0.3, 0.4) is 0 Å². The number of sulfonamides is 1. The van der Waals surface area contributed by atoms with Crippen molar-refractivity contribution in [3.05, 3.63) is 60.2 Å². The predicted octanol–water partition coefficient (Wildman–Crippen LogP) is 3.16. The van der Waals surface area contributed by atoms with Gasteiger partial charge in [-0.2, -0.15) is 0 Å². The zero-order chi connectivity index (χ0) is 18.4. The van der Waals surface area contributed by atoms with Crippen LogP contribution in [0.25, 0.3) is 0 Å². The van der Waals surface area contributed by atoms with Gasteiger partial charge in [0.25, 0.3) is 0 Å². The fourth-order valence-corrected chi connectivity index (χ4v) is 4.49. The molecule has 0 aromatic heterocycles. The third-order valence-corrected chi connectivity index (χ3v) is 5.88. The zero-order valence-corrected chi connectivity index (χ0v) is 16.1. The summed E-state index contributed by atoms with van der Waals surface area (Å²) < 4.78 is 27.3. The van der Waals surface area contributed by atoms with E-state index in [1.165, 1.54) is 6.42 Å². The quantitative estimate of drug-likeness (QED) is 0.810.